The monoisotopic (exact) mass is 399 g/mol. The Kier molecular flexibility index (Phi) is 5.86. The van der Waals surface area contributed by atoms with Gasteiger partial charge in [-0.2, -0.15) is 0 Å². The van der Waals surface area contributed by atoms with Crippen molar-refractivity contribution in [1.29, 1.82) is 0 Å². The number of allylic oxidation sites excluding steroid dienone is 2. The van der Waals surface area contributed by atoms with Gasteiger partial charge in [-0.25, -0.2) is 0 Å². The Morgan fingerprint density at radius 1 is 1.10 bits per heavy atom. The van der Waals surface area contributed by atoms with Crippen molar-refractivity contribution in [1.82, 2.24) is 0 Å². The van der Waals surface area contributed by atoms with Crippen LogP contribution in [0.2, 0.25) is 0 Å². The molecule has 3 fully saturated rings. The van der Waals surface area contributed by atoms with Crippen LogP contribution in [0.5, 0.6) is 0 Å². The lowest BCUT2D eigenvalue weighted by Gasteiger charge is -2.58. The highest BCUT2D eigenvalue weighted by molar-refractivity contribution is 5.25. The van der Waals surface area contributed by atoms with E-state index in [1.165, 1.54) is 56.9 Å². The number of aliphatic hydroxyl groups is 1. The maximum Gasteiger partial charge on any atom is 0.0577 e. The lowest BCUT2D eigenvalue weighted by atomic mass is 9.47. The molecule has 0 aromatic rings. The summed E-state index contributed by atoms with van der Waals surface area (Å²) in [6.07, 6.45) is 15.3. The summed E-state index contributed by atoms with van der Waals surface area (Å²) in [7, 11) is 0. The smallest absolute Gasteiger partial charge is 0.0577 e. The van der Waals surface area contributed by atoms with Gasteiger partial charge in [-0.3, -0.25) is 0 Å². The molecule has 0 saturated heterocycles. The Bertz CT molecular complexity index is 659. The van der Waals surface area contributed by atoms with E-state index in [0.717, 1.165) is 42.4 Å². The molecule has 0 aliphatic heterocycles. The Morgan fingerprint density at radius 2 is 1.86 bits per heavy atom. The second-order valence-corrected chi connectivity index (χ2v) is 12.2. The first-order valence-corrected chi connectivity index (χ1v) is 12.7. The normalized spacial score (nSPS) is 46.1. The molecule has 29 heavy (non-hydrogen) atoms. The highest BCUT2D eigenvalue weighted by Gasteiger charge is 2.59. The fourth-order valence-corrected chi connectivity index (χ4v) is 8.52. The summed E-state index contributed by atoms with van der Waals surface area (Å²) in [4.78, 5) is 0. The summed E-state index contributed by atoms with van der Waals surface area (Å²) in [5.74, 6) is 5.03. The second-order valence-electron chi connectivity index (χ2n) is 12.2. The average molecular weight is 400 g/mol. The van der Waals surface area contributed by atoms with Gasteiger partial charge < -0.3 is 5.11 Å². The predicted octanol–water partition coefficient (Wildman–Crippen LogP) is 7.55. The van der Waals surface area contributed by atoms with E-state index < -0.39 is 0 Å². The van der Waals surface area contributed by atoms with Gasteiger partial charge in [0.1, 0.15) is 0 Å². The lowest BCUT2D eigenvalue weighted by Crippen LogP contribution is -2.50. The Hall–Kier alpha value is -0.560. The standard InChI is InChI=1S/C28H46O/c1-18(2)19(3)7-8-20(4)24-11-12-25-23-10-9-21-17-22(29)13-15-27(21,5)26(23)14-16-28(24,25)6/h9,18,20,22-26,29H,3,7-8,10-17H2,1-2,4-6H3/t20-,22+,23+,24-,25+,26+,27+,28-/m1/s1/i1+1/t18-,20-,22+,23+,24-,25+,26+,27+,28-. The fourth-order valence-electron chi connectivity index (χ4n) is 8.52. The first kappa shape index (κ1) is 21.7. The zero-order valence-electron chi connectivity index (χ0n) is 19.8. The van der Waals surface area contributed by atoms with Crippen LogP contribution >= 0.6 is 0 Å². The van der Waals surface area contributed by atoms with E-state index in [1.54, 1.807) is 5.57 Å². The second kappa shape index (κ2) is 7.85. The van der Waals surface area contributed by atoms with Crippen LogP contribution in [0.1, 0.15) is 98.8 Å². The Balaban J connectivity index is 1.49. The molecule has 164 valence electrons. The van der Waals surface area contributed by atoms with Crippen LogP contribution in [-0.4, -0.2) is 11.2 Å². The minimum absolute atomic E-state index is 0.0861. The van der Waals surface area contributed by atoms with E-state index in [1.807, 2.05) is 0 Å². The molecular weight excluding hydrogens is 353 g/mol. The van der Waals surface area contributed by atoms with Crippen molar-refractivity contribution in [2.75, 3.05) is 0 Å². The molecule has 3 saturated carbocycles. The molecule has 0 bridgehead atoms. The summed E-state index contributed by atoms with van der Waals surface area (Å²) < 4.78 is 0. The van der Waals surface area contributed by atoms with E-state index >= 15 is 0 Å². The number of hydrogen-bond donors (Lipinski definition) is 1. The zero-order valence-corrected chi connectivity index (χ0v) is 19.8. The molecule has 1 N–H and O–H groups in total. The van der Waals surface area contributed by atoms with Gasteiger partial charge >= 0.3 is 0 Å². The molecule has 0 spiro atoms. The predicted molar refractivity (Wildman–Crippen MR) is 124 cm³/mol. The van der Waals surface area contributed by atoms with E-state index in [-0.39, 0.29) is 6.10 Å². The van der Waals surface area contributed by atoms with Crippen molar-refractivity contribution in [3.8, 4) is 0 Å². The minimum atomic E-state index is -0.0861. The van der Waals surface area contributed by atoms with Crippen LogP contribution in [-0.2, 0) is 0 Å². The molecule has 0 aromatic heterocycles. The highest BCUT2D eigenvalue weighted by atomic mass is 16.3. The Morgan fingerprint density at radius 3 is 2.59 bits per heavy atom. The first-order valence-electron chi connectivity index (χ1n) is 12.7. The van der Waals surface area contributed by atoms with E-state index in [0.29, 0.717) is 16.7 Å². The third-order valence-corrected chi connectivity index (χ3v) is 10.6. The Labute approximate surface area is 180 Å². The maximum atomic E-state index is 10.2. The minimum Gasteiger partial charge on any atom is -0.393 e. The van der Waals surface area contributed by atoms with E-state index in [4.69, 9.17) is 0 Å². The molecule has 0 heterocycles. The average Bonchev–Trinajstić information content (AvgIpc) is 3.03. The summed E-state index contributed by atoms with van der Waals surface area (Å²) >= 11 is 0. The number of aliphatic hydroxyl groups excluding tert-OH is 1. The van der Waals surface area contributed by atoms with Crippen LogP contribution in [0, 0.1) is 46.3 Å². The van der Waals surface area contributed by atoms with Gasteiger partial charge in [-0.05, 0) is 111 Å². The van der Waals surface area contributed by atoms with Crippen molar-refractivity contribution in [2.45, 2.75) is 105 Å². The van der Waals surface area contributed by atoms with Gasteiger partial charge in [-0.1, -0.05) is 58.4 Å². The molecule has 0 amide bonds. The summed E-state index contributed by atoms with van der Waals surface area (Å²) in [6.45, 7) is 16.7. The van der Waals surface area contributed by atoms with Crippen molar-refractivity contribution in [3.05, 3.63) is 23.8 Å². The van der Waals surface area contributed by atoms with E-state index in [9.17, 15) is 5.11 Å². The van der Waals surface area contributed by atoms with Gasteiger partial charge in [0, 0.05) is 0 Å². The molecule has 4 aliphatic rings. The molecule has 0 aromatic carbocycles. The maximum absolute atomic E-state index is 10.2. The fraction of sp³-hybridized carbons (Fsp3) is 0.857. The molecule has 0 unspecified atom stereocenters. The third kappa shape index (κ3) is 3.58. The molecule has 9 atom stereocenters. The van der Waals surface area contributed by atoms with Gasteiger partial charge in [0.05, 0.1) is 6.10 Å². The molecular formula is C28H46O. The quantitative estimate of drug-likeness (QED) is 0.373. The van der Waals surface area contributed by atoms with Gasteiger partial charge in [0.15, 0.2) is 0 Å². The molecule has 4 aliphatic carbocycles. The SMILES string of the molecule is C=C(CC[C@@H](C)[C@H]1CC[C@H]2[C@@H]3CC=C4C[C@@H](O)CC[C@]4(C)[C@H]3CC[C@]12C)[C@@H](C)[13CH3]. The largest absolute Gasteiger partial charge is 0.393 e. The molecule has 1 heteroatoms. The molecule has 1 nitrogen and oxygen atoms in total. The summed E-state index contributed by atoms with van der Waals surface area (Å²) in [5.41, 5.74) is 3.98. The lowest BCUT2D eigenvalue weighted by molar-refractivity contribution is -0.0571. The highest BCUT2D eigenvalue weighted by Crippen LogP contribution is 2.67. The van der Waals surface area contributed by atoms with Crippen molar-refractivity contribution in [2.24, 2.45) is 46.3 Å². The summed E-state index contributed by atoms with van der Waals surface area (Å²) in [5, 5.41) is 10.2. The number of rotatable bonds is 5. The van der Waals surface area contributed by atoms with Crippen molar-refractivity contribution in [3.63, 3.8) is 0 Å². The van der Waals surface area contributed by atoms with Gasteiger partial charge in [0.2, 0.25) is 0 Å². The summed E-state index contributed by atoms with van der Waals surface area (Å²) in [6, 6.07) is 0. The molecule has 0 radical (unpaired) electrons. The van der Waals surface area contributed by atoms with E-state index in [2.05, 4.69) is 47.3 Å². The van der Waals surface area contributed by atoms with Crippen LogP contribution in [0.25, 0.3) is 0 Å². The van der Waals surface area contributed by atoms with Gasteiger partial charge in [0.25, 0.3) is 0 Å². The number of hydrogen-bond acceptors (Lipinski definition) is 1. The first-order chi connectivity index (χ1) is 13.7. The topological polar surface area (TPSA) is 20.2 Å². The van der Waals surface area contributed by atoms with Crippen LogP contribution in [0.15, 0.2) is 23.8 Å². The van der Waals surface area contributed by atoms with Crippen LogP contribution in [0.3, 0.4) is 0 Å². The molecule has 4 rings (SSSR count). The third-order valence-electron chi connectivity index (χ3n) is 10.6. The number of fused-ring (bicyclic) bond motifs is 5. The zero-order chi connectivity index (χ0) is 21.0. The van der Waals surface area contributed by atoms with Crippen molar-refractivity contribution < 1.29 is 5.11 Å². The van der Waals surface area contributed by atoms with Crippen LogP contribution < -0.4 is 0 Å². The van der Waals surface area contributed by atoms with Crippen molar-refractivity contribution >= 4 is 0 Å². The van der Waals surface area contributed by atoms with Crippen LogP contribution in [0.4, 0.5) is 0 Å². The van der Waals surface area contributed by atoms with Gasteiger partial charge in [-0.15, -0.1) is 0 Å².